The Morgan fingerprint density at radius 1 is 1.19 bits per heavy atom. The highest BCUT2D eigenvalue weighted by atomic mass is 15.3. The summed E-state index contributed by atoms with van der Waals surface area (Å²) in [5.74, 6) is 8.41. The molecule has 0 amide bonds. The van der Waals surface area contributed by atoms with Gasteiger partial charge in [0.2, 0.25) is 0 Å². The van der Waals surface area contributed by atoms with Gasteiger partial charge in [-0.1, -0.05) is 13.8 Å². The Hall–Kier alpha value is -1.40. The maximum Gasteiger partial charge on any atom is 0.148 e. The van der Waals surface area contributed by atoms with Crippen molar-refractivity contribution in [3.8, 4) is 0 Å². The number of hydrazine groups is 1. The maximum atomic E-state index is 5.60. The molecule has 1 aromatic heterocycles. The number of aromatic nitrogens is 2. The van der Waals surface area contributed by atoms with Crippen LogP contribution in [-0.4, -0.2) is 48.6 Å². The number of nitrogen functional groups attached to an aromatic ring is 1. The molecule has 0 fully saturated rings. The predicted molar refractivity (Wildman–Crippen MR) is 89.7 cm³/mol. The van der Waals surface area contributed by atoms with E-state index in [0.717, 1.165) is 49.1 Å². The molecule has 0 saturated heterocycles. The summed E-state index contributed by atoms with van der Waals surface area (Å²) in [6.45, 7) is 11.3. The predicted octanol–water partition coefficient (Wildman–Crippen LogP) is 1.97. The smallest absolute Gasteiger partial charge is 0.148 e. The lowest BCUT2D eigenvalue weighted by atomic mass is 10.2. The highest BCUT2D eigenvalue weighted by Gasteiger charge is 2.16. The molecule has 120 valence electrons. The van der Waals surface area contributed by atoms with E-state index < -0.39 is 0 Å². The molecular weight excluding hydrogens is 264 g/mol. The third-order valence-corrected chi connectivity index (χ3v) is 3.51. The lowest BCUT2D eigenvalue weighted by Crippen LogP contribution is -2.29. The van der Waals surface area contributed by atoms with Crippen molar-refractivity contribution in [3.05, 3.63) is 11.4 Å². The second kappa shape index (κ2) is 8.14. The van der Waals surface area contributed by atoms with Gasteiger partial charge in [0.1, 0.15) is 17.5 Å². The fourth-order valence-electron chi connectivity index (χ4n) is 2.22. The average Bonchev–Trinajstić information content (AvgIpc) is 2.43. The topological polar surface area (TPSA) is 70.3 Å². The molecule has 0 aromatic carbocycles. The summed E-state index contributed by atoms with van der Waals surface area (Å²) in [7, 11) is 4.19. The number of hydrogen-bond donors (Lipinski definition) is 2. The van der Waals surface area contributed by atoms with E-state index in [1.807, 2.05) is 6.92 Å². The van der Waals surface area contributed by atoms with E-state index in [1.165, 1.54) is 0 Å². The summed E-state index contributed by atoms with van der Waals surface area (Å²) in [6.07, 6.45) is 1.10. The van der Waals surface area contributed by atoms with Gasteiger partial charge in [0.25, 0.3) is 0 Å². The van der Waals surface area contributed by atoms with Gasteiger partial charge in [-0.05, 0) is 40.9 Å². The molecule has 0 saturated carbocycles. The minimum absolute atomic E-state index is 0.275. The second-order valence-corrected chi connectivity index (χ2v) is 5.91. The van der Waals surface area contributed by atoms with Crippen LogP contribution in [0.5, 0.6) is 0 Å². The molecule has 0 unspecified atom stereocenters. The van der Waals surface area contributed by atoms with Gasteiger partial charge in [-0.15, -0.1) is 0 Å². The van der Waals surface area contributed by atoms with Crippen LogP contribution in [0.2, 0.25) is 0 Å². The fourth-order valence-corrected chi connectivity index (χ4v) is 2.22. The Kier molecular flexibility index (Phi) is 6.84. The Morgan fingerprint density at radius 2 is 1.86 bits per heavy atom. The second-order valence-electron chi connectivity index (χ2n) is 5.91. The number of hydrogen-bond acceptors (Lipinski definition) is 6. The lowest BCUT2D eigenvalue weighted by Gasteiger charge is -2.26. The first kappa shape index (κ1) is 17.7. The molecule has 1 heterocycles. The van der Waals surface area contributed by atoms with E-state index in [1.54, 1.807) is 0 Å². The van der Waals surface area contributed by atoms with Crippen LogP contribution < -0.4 is 16.2 Å². The molecule has 0 spiro atoms. The van der Waals surface area contributed by atoms with Crippen LogP contribution in [0.4, 0.5) is 11.6 Å². The third-order valence-electron chi connectivity index (χ3n) is 3.51. The van der Waals surface area contributed by atoms with Crippen molar-refractivity contribution in [1.82, 2.24) is 14.9 Å². The van der Waals surface area contributed by atoms with Crippen LogP contribution in [0.1, 0.15) is 44.5 Å². The maximum absolute atomic E-state index is 5.60. The van der Waals surface area contributed by atoms with Crippen LogP contribution in [-0.2, 0) is 0 Å². The number of nitrogens with zero attached hydrogens (tertiary/aromatic N) is 4. The summed E-state index contributed by atoms with van der Waals surface area (Å²) >= 11 is 0. The van der Waals surface area contributed by atoms with Gasteiger partial charge < -0.3 is 15.2 Å². The SMILES string of the molecule is CCN(CCCN(C)C)c1nc(C(C)C)nc(NN)c1C. The van der Waals surface area contributed by atoms with Crippen molar-refractivity contribution in [1.29, 1.82) is 0 Å². The Labute approximate surface area is 128 Å². The van der Waals surface area contributed by atoms with Crippen LogP contribution in [0.25, 0.3) is 0 Å². The molecule has 0 atom stereocenters. The number of anilines is 2. The van der Waals surface area contributed by atoms with Crippen LogP contribution >= 0.6 is 0 Å². The molecule has 0 bridgehead atoms. The van der Waals surface area contributed by atoms with Crippen molar-refractivity contribution in [2.24, 2.45) is 5.84 Å². The van der Waals surface area contributed by atoms with E-state index in [4.69, 9.17) is 10.8 Å². The summed E-state index contributed by atoms with van der Waals surface area (Å²) in [5.41, 5.74) is 3.71. The van der Waals surface area contributed by atoms with Gasteiger partial charge in [0.15, 0.2) is 0 Å². The summed E-state index contributed by atoms with van der Waals surface area (Å²) in [5, 5.41) is 0. The zero-order valence-electron chi connectivity index (χ0n) is 14.3. The number of nitrogens with two attached hydrogens (primary N) is 1. The number of rotatable bonds is 8. The molecule has 0 aliphatic rings. The lowest BCUT2D eigenvalue weighted by molar-refractivity contribution is 0.400. The van der Waals surface area contributed by atoms with Crippen LogP contribution in [0, 0.1) is 6.92 Å². The van der Waals surface area contributed by atoms with E-state index >= 15 is 0 Å². The van der Waals surface area contributed by atoms with Crippen LogP contribution in [0.3, 0.4) is 0 Å². The molecule has 6 heteroatoms. The summed E-state index contributed by atoms with van der Waals surface area (Å²) in [6, 6.07) is 0. The molecule has 3 N–H and O–H groups in total. The molecule has 1 aromatic rings. The highest BCUT2D eigenvalue weighted by Crippen LogP contribution is 2.25. The van der Waals surface area contributed by atoms with Crippen molar-refractivity contribution < 1.29 is 0 Å². The normalized spacial score (nSPS) is 11.3. The van der Waals surface area contributed by atoms with Gasteiger partial charge >= 0.3 is 0 Å². The van der Waals surface area contributed by atoms with E-state index in [-0.39, 0.29) is 5.92 Å². The number of nitrogens with one attached hydrogen (secondary N) is 1. The Bertz CT molecular complexity index is 444. The van der Waals surface area contributed by atoms with Crippen molar-refractivity contribution in [2.45, 2.75) is 40.0 Å². The molecule has 0 aliphatic heterocycles. The van der Waals surface area contributed by atoms with Gasteiger partial charge in [0.05, 0.1) is 0 Å². The molecule has 6 nitrogen and oxygen atoms in total. The van der Waals surface area contributed by atoms with Crippen molar-refractivity contribution in [3.63, 3.8) is 0 Å². The van der Waals surface area contributed by atoms with E-state index in [0.29, 0.717) is 0 Å². The first-order chi connectivity index (χ1) is 9.90. The largest absolute Gasteiger partial charge is 0.356 e. The minimum Gasteiger partial charge on any atom is -0.356 e. The highest BCUT2D eigenvalue weighted by molar-refractivity contribution is 5.58. The summed E-state index contributed by atoms with van der Waals surface area (Å²) < 4.78 is 0. The fraction of sp³-hybridized carbons (Fsp3) is 0.733. The summed E-state index contributed by atoms with van der Waals surface area (Å²) in [4.78, 5) is 13.7. The van der Waals surface area contributed by atoms with E-state index in [2.05, 4.69) is 55.1 Å². The molecule has 0 aliphatic carbocycles. The Morgan fingerprint density at radius 3 is 2.33 bits per heavy atom. The molecule has 0 radical (unpaired) electrons. The van der Waals surface area contributed by atoms with Gasteiger partial charge in [-0.25, -0.2) is 15.8 Å². The van der Waals surface area contributed by atoms with Crippen molar-refractivity contribution >= 4 is 11.6 Å². The van der Waals surface area contributed by atoms with Gasteiger partial charge in [0, 0.05) is 24.6 Å². The monoisotopic (exact) mass is 294 g/mol. The quantitative estimate of drug-likeness (QED) is 0.564. The third kappa shape index (κ3) is 4.82. The first-order valence-electron chi connectivity index (χ1n) is 7.65. The standard InChI is InChI=1S/C15H30N6/c1-7-21(10-8-9-20(5)6)15-12(4)14(19-16)17-13(18-15)11(2)3/h11H,7-10,16H2,1-6H3,(H,17,18,19). The average molecular weight is 294 g/mol. The zero-order chi connectivity index (χ0) is 16.0. The van der Waals surface area contributed by atoms with Gasteiger partial charge in [-0.2, -0.15) is 0 Å². The molecule has 21 heavy (non-hydrogen) atoms. The molecular formula is C15H30N6. The minimum atomic E-state index is 0.275. The zero-order valence-corrected chi connectivity index (χ0v) is 14.3. The van der Waals surface area contributed by atoms with E-state index in [9.17, 15) is 0 Å². The molecule has 1 rings (SSSR count). The van der Waals surface area contributed by atoms with Crippen LogP contribution in [0.15, 0.2) is 0 Å². The van der Waals surface area contributed by atoms with Crippen molar-refractivity contribution in [2.75, 3.05) is 44.1 Å². The van der Waals surface area contributed by atoms with Gasteiger partial charge in [-0.3, -0.25) is 0 Å². The Balaban J connectivity index is 3.03. The first-order valence-corrected chi connectivity index (χ1v) is 7.65.